The number of methoxy groups -OCH3 is 1. The van der Waals surface area contributed by atoms with Crippen LogP contribution >= 0.6 is 11.6 Å². The Morgan fingerprint density at radius 3 is 2.51 bits per heavy atom. The molecule has 0 saturated heterocycles. The minimum Gasteiger partial charge on any atom is -0.503 e. The molecule has 1 aliphatic heterocycles. The van der Waals surface area contributed by atoms with Gasteiger partial charge in [0.05, 0.1) is 18.7 Å². The molecule has 0 saturated carbocycles. The molecule has 1 N–H and O–H groups in total. The average molecular weight is 496 g/mol. The lowest BCUT2D eigenvalue weighted by Crippen LogP contribution is -2.32. The molecule has 0 fully saturated rings. The SMILES string of the molecule is CCCCCN1C(=O)C(O)=C(C(=O)c2cc3cc(Cl)cc(OC)c3o2)C1c1ccc(C(C)C)cc1. The maximum atomic E-state index is 13.7. The molecule has 1 atom stereocenters. The van der Waals surface area contributed by atoms with Gasteiger partial charge in [-0.05, 0) is 35.6 Å². The lowest BCUT2D eigenvalue weighted by molar-refractivity contribution is -0.129. The Labute approximate surface area is 210 Å². The third kappa shape index (κ3) is 4.67. The van der Waals surface area contributed by atoms with Crippen LogP contribution in [0.15, 0.2) is 58.2 Å². The maximum absolute atomic E-state index is 13.7. The molecular weight excluding hydrogens is 466 g/mol. The van der Waals surface area contributed by atoms with Gasteiger partial charge in [0.15, 0.2) is 22.9 Å². The number of carbonyl (C=O) groups is 2. The Hall–Kier alpha value is -3.25. The summed E-state index contributed by atoms with van der Waals surface area (Å²) in [6, 6.07) is 12.0. The molecule has 35 heavy (non-hydrogen) atoms. The topological polar surface area (TPSA) is 80.0 Å². The molecule has 0 spiro atoms. The van der Waals surface area contributed by atoms with Gasteiger partial charge < -0.3 is 19.2 Å². The molecule has 3 aromatic rings. The predicted octanol–water partition coefficient (Wildman–Crippen LogP) is 6.99. The van der Waals surface area contributed by atoms with Crippen molar-refractivity contribution in [3.05, 3.63) is 75.7 Å². The first-order chi connectivity index (χ1) is 16.8. The van der Waals surface area contributed by atoms with Gasteiger partial charge in [-0.15, -0.1) is 0 Å². The first-order valence-electron chi connectivity index (χ1n) is 11.9. The standard InChI is InChI=1S/C28H30ClNO5/c1-5-6-7-12-30-24(18-10-8-17(9-11-18)16(2)3)23(26(32)28(30)33)25(31)21-14-19-13-20(29)15-22(34-4)27(19)35-21/h8-11,13-16,24,32H,5-7,12H2,1-4H3. The number of ether oxygens (including phenoxy) is 1. The highest BCUT2D eigenvalue weighted by Gasteiger charge is 2.44. The number of aliphatic hydroxyl groups is 1. The Bertz CT molecular complexity index is 1290. The number of hydrogen-bond donors (Lipinski definition) is 1. The largest absolute Gasteiger partial charge is 0.503 e. The van der Waals surface area contributed by atoms with E-state index in [4.69, 9.17) is 20.8 Å². The molecule has 0 bridgehead atoms. The van der Waals surface area contributed by atoms with Crippen molar-refractivity contribution in [2.24, 2.45) is 0 Å². The minimum absolute atomic E-state index is 0.00845. The number of fused-ring (bicyclic) bond motifs is 1. The summed E-state index contributed by atoms with van der Waals surface area (Å²) in [4.78, 5) is 28.4. The van der Waals surface area contributed by atoms with E-state index in [-0.39, 0.29) is 11.3 Å². The third-order valence-corrected chi connectivity index (χ3v) is 6.68. The van der Waals surface area contributed by atoms with Gasteiger partial charge in [0.25, 0.3) is 5.91 Å². The number of amides is 1. The molecule has 0 aliphatic carbocycles. The zero-order valence-corrected chi connectivity index (χ0v) is 21.2. The van der Waals surface area contributed by atoms with Gasteiger partial charge in [-0.2, -0.15) is 0 Å². The number of ketones is 1. The highest BCUT2D eigenvalue weighted by molar-refractivity contribution is 6.31. The Kier molecular flexibility index (Phi) is 7.22. The van der Waals surface area contributed by atoms with Crippen LogP contribution in [-0.4, -0.2) is 35.4 Å². The molecule has 0 radical (unpaired) electrons. The van der Waals surface area contributed by atoms with Crippen LogP contribution in [0.4, 0.5) is 0 Å². The first-order valence-corrected chi connectivity index (χ1v) is 12.3. The summed E-state index contributed by atoms with van der Waals surface area (Å²) in [5.41, 5.74) is 2.32. The van der Waals surface area contributed by atoms with Gasteiger partial charge in [-0.25, -0.2) is 0 Å². The van der Waals surface area contributed by atoms with Crippen molar-refractivity contribution < 1.29 is 23.8 Å². The van der Waals surface area contributed by atoms with Crippen LogP contribution in [0.3, 0.4) is 0 Å². The number of carbonyl (C=O) groups excluding carboxylic acids is 2. The number of hydrogen-bond acceptors (Lipinski definition) is 5. The van der Waals surface area contributed by atoms with E-state index >= 15 is 0 Å². The number of aliphatic hydroxyl groups excluding tert-OH is 1. The minimum atomic E-state index is -0.702. The van der Waals surface area contributed by atoms with Crippen molar-refractivity contribution in [2.75, 3.05) is 13.7 Å². The zero-order valence-electron chi connectivity index (χ0n) is 20.4. The van der Waals surface area contributed by atoms with E-state index < -0.39 is 23.5 Å². The monoisotopic (exact) mass is 495 g/mol. The van der Waals surface area contributed by atoms with Gasteiger partial charge in [-0.3, -0.25) is 9.59 Å². The average Bonchev–Trinajstić information content (AvgIpc) is 3.38. The maximum Gasteiger partial charge on any atom is 0.290 e. The summed E-state index contributed by atoms with van der Waals surface area (Å²) in [6.07, 6.45) is 2.71. The molecule has 6 nitrogen and oxygen atoms in total. The van der Waals surface area contributed by atoms with E-state index in [2.05, 4.69) is 20.8 Å². The van der Waals surface area contributed by atoms with Crippen molar-refractivity contribution in [3.63, 3.8) is 0 Å². The van der Waals surface area contributed by atoms with Crippen LogP contribution in [0.1, 0.15) is 73.7 Å². The third-order valence-electron chi connectivity index (χ3n) is 6.46. The number of Topliss-reactive ketones (excluding diaryl/α,β-unsaturated/α-hetero) is 1. The van der Waals surface area contributed by atoms with Crippen LogP contribution in [-0.2, 0) is 4.79 Å². The van der Waals surface area contributed by atoms with Gasteiger partial charge in [0.2, 0.25) is 5.78 Å². The van der Waals surface area contributed by atoms with Crippen LogP contribution in [0, 0.1) is 0 Å². The predicted molar refractivity (Wildman–Crippen MR) is 136 cm³/mol. The molecule has 2 aromatic carbocycles. The van der Waals surface area contributed by atoms with E-state index in [1.54, 1.807) is 23.1 Å². The fourth-order valence-electron chi connectivity index (χ4n) is 4.54. The lowest BCUT2D eigenvalue weighted by atomic mass is 9.92. The van der Waals surface area contributed by atoms with E-state index in [1.165, 1.54) is 7.11 Å². The highest BCUT2D eigenvalue weighted by atomic mass is 35.5. The summed E-state index contributed by atoms with van der Waals surface area (Å²) in [5.74, 6) is -0.865. The van der Waals surface area contributed by atoms with Crippen LogP contribution in [0.5, 0.6) is 5.75 Å². The summed E-state index contributed by atoms with van der Waals surface area (Å²) < 4.78 is 11.2. The van der Waals surface area contributed by atoms with E-state index in [0.717, 1.165) is 30.4 Å². The van der Waals surface area contributed by atoms with E-state index in [0.29, 0.717) is 34.2 Å². The molecule has 1 aromatic heterocycles. The number of benzene rings is 2. The van der Waals surface area contributed by atoms with Crippen LogP contribution < -0.4 is 4.74 Å². The molecular formula is C28H30ClNO5. The van der Waals surface area contributed by atoms with Crippen LogP contribution in [0.2, 0.25) is 5.02 Å². The smallest absolute Gasteiger partial charge is 0.290 e. The fourth-order valence-corrected chi connectivity index (χ4v) is 4.76. The van der Waals surface area contributed by atoms with Gasteiger partial charge in [-0.1, -0.05) is 69.5 Å². The summed E-state index contributed by atoms with van der Waals surface area (Å²) in [5, 5.41) is 11.9. The normalized spacial score (nSPS) is 16.1. The Morgan fingerprint density at radius 2 is 1.89 bits per heavy atom. The van der Waals surface area contributed by atoms with Crippen molar-refractivity contribution >= 4 is 34.3 Å². The number of furan rings is 1. The second-order valence-electron chi connectivity index (χ2n) is 9.16. The highest BCUT2D eigenvalue weighted by Crippen LogP contribution is 2.41. The molecule has 2 heterocycles. The molecule has 7 heteroatoms. The van der Waals surface area contributed by atoms with Crippen molar-refractivity contribution in [2.45, 2.75) is 52.0 Å². The van der Waals surface area contributed by atoms with Crippen molar-refractivity contribution in [3.8, 4) is 5.75 Å². The summed E-state index contributed by atoms with van der Waals surface area (Å²) in [7, 11) is 1.49. The summed E-state index contributed by atoms with van der Waals surface area (Å²) >= 11 is 6.17. The molecule has 1 unspecified atom stereocenters. The second-order valence-corrected chi connectivity index (χ2v) is 9.59. The van der Waals surface area contributed by atoms with Gasteiger partial charge >= 0.3 is 0 Å². The van der Waals surface area contributed by atoms with E-state index in [9.17, 15) is 14.7 Å². The molecule has 1 amide bonds. The van der Waals surface area contributed by atoms with Gasteiger partial charge in [0.1, 0.15) is 0 Å². The summed E-state index contributed by atoms with van der Waals surface area (Å²) in [6.45, 7) is 6.73. The van der Waals surface area contributed by atoms with E-state index in [1.807, 2.05) is 24.3 Å². The number of unbranched alkanes of at least 4 members (excludes halogenated alkanes) is 2. The number of rotatable bonds is 9. The number of nitrogens with zero attached hydrogens (tertiary/aromatic N) is 1. The lowest BCUT2D eigenvalue weighted by Gasteiger charge is -2.27. The van der Waals surface area contributed by atoms with Crippen molar-refractivity contribution in [1.29, 1.82) is 0 Å². The van der Waals surface area contributed by atoms with Crippen LogP contribution in [0.25, 0.3) is 11.0 Å². The quantitative estimate of drug-likeness (QED) is 0.255. The second kappa shape index (κ2) is 10.2. The van der Waals surface area contributed by atoms with Gasteiger partial charge in [0, 0.05) is 23.0 Å². The zero-order chi connectivity index (χ0) is 25.3. The molecule has 1 aliphatic rings. The number of halogens is 1. The molecule has 184 valence electrons. The fraction of sp³-hybridized carbons (Fsp3) is 0.357. The Morgan fingerprint density at radius 1 is 1.17 bits per heavy atom. The Balaban J connectivity index is 1.78. The van der Waals surface area contributed by atoms with Crippen molar-refractivity contribution in [1.82, 2.24) is 4.90 Å². The first kappa shape index (κ1) is 24.9. The molecule has 4 rings (SSSR count).